The molecule has 0 unspecified atom stereocenters. The maximum absolute atomic E-state index is 12.6. The Bertz CT molecular complexity index is 728. The number of carbonyl (C=O) groups excluding carboxylic acids is 1. The van der Waals surface area contributed by atoms with E-state index in [1.165, 1.54) is 0 Å². The minimum atomic E-state index is -0.846. The van der Waals surface area contributed by atoms with Crippen molar-refractivity contribution in [2.24, 2.45) is 5.92 Å². The number of rotatable bonds is 5. The third-order valence-corrected chi connectivity index (χ3v) is 5.65. The fourth-order valence-corrected chi connectivity index (χ4v) is 3.60. The molecule has 27 heavy (non-hydrogen) atoms. The van der Waals surface area contributed by atoms with Gasteiger partial charge in [0.1, 0.15) is 5.54 Å². The van der Waals surface area contributed by atoms with Crippen molar-refractivity contribution in [3.05, 3.63) is 23.8 Å². The second-order valence-corrected chi connectivity index (χ2v) is 7.90. The highest BCUT2D eigenvalue weighted by atomic mass is 16.5. The van der Waals surface area contributed by atoms with Crippen molar-refractivity contribution in [1.82, 2.24) is 10.2 Å². The van der Waals surface area contributed by atoms with Gasteiger partial charge in [-0.15, -0.1) is 0 Å². The topological polar surface area (TPSA) is 74.6 Å². The molecule has 1 aromatic rings. The third kappa shape index (κ3) is 4.36. The molecule has 6 nitrogen and oxygen atoms in total. The molecule has 1 fully saturated rings. The van der Waals surface area contributed by atoms with E-state index in [1.54, 1.807) is 6.92 Å². The Morgan fingerprint density at radius 2 is 2.07 bits per heavy atom. The monoisotopic (exact) mass is 371 g/mol. The number of benzene rings is 1. The zero-order chi connectivity index (χ0) is 19.4. The number of likely N-dealkylation sites (tertiary alicyclic amines) is 1. The summed E-state index contributed by atoms with van der Waals surface area (Å²) in [5.41, 5.74) is 0.304. The van der Waals surface area contributed by atoms with E-state index < -0.39 is 5.54 Å². The number of hydrogen-bond donors (Lipinski definition) is 1. The average Bonchev–Trinajstić information content (AvgIpc) is 2.96. The fourth-order valence-electron chi connectivity index (χ4n) is 3.60. The highest BCUT2D eigenvalue weighted by Gasteiger charge is 2.33. The van der Waals surface area contributed by atoms with Gasteiger partial charge in [0.05, 0.1) is 25.8 Å². The molecule has 146 valence electrons. The largest absolute Gasteiger partial charge is 0.490 e. The number of nitrogens with zero attached hydrogens (tertiary/aromatic N) is 2. The SMILES string of the molecule is CC(C)[C@](C)(C#N)NC(=O)CN1CCC[C@@H]1c1ccc2c(c1)OCCCO2. The number of hydrogen-bond acceptors (Lipinski definition) is 5. The molecule has 1 amide bonds. The van der Waals surface area contributed by atoms with Crippen molar-refractivity contribution < 1.29 is 14.3 Å². The van der Waals surface area contributed by atoms with E-state index in [-0.39, 0.29) is 17.9 Å². The molecule has 6 heteroatoms. The molecule has 2 aliphatic rings. The molecule has 1 aromatic carbocycles. The van der Waals surface area contributed by atoms with Crippen LogP contribution < -0.4 is 14.8 Å². The molecule has 1 N–H and O–H groups in total. The van der Waals surface area contributed by atoms with E-state index >= 15 is 0 Å². The Labute approximate surface area is 161 Å². The second kappa shape index (κ2) is 8.18. The van der Waals surface area contributed by atoms with Crippen LogP contribution in [0.15, 0.2) is 18.2 Å². The summed E-state index contributed by atoms with van der Waals surface area (Å²) in [6, 6.07) is 8.51. The standard InChI is InChI=1S/C21H29N3O3/c1-15(2)21(3,14-22)23-20(25)13-24-9-4-6-17(24)16-7-8-18-19(12-16)27-11-5-10-26-18/h7-8,12,15,17H,4-6,9-11,13H2,1-3H3,(H,23,25)/t17-,21+/m1/s1. The normalized spacial score (nSPS) is 22.0. The number of nitriles is 1. The molecule has 2 heterocycles. The zero-order valence-corrected chi connectivity index (χ0v) is 16.5. The first-order valence-corrected chi connectivity index (χ1v) is 9.79. The lowest BCUT2D eigenvalue weighted by atomic mass is 9.90. The summed E-state index contributed by atoms with van der Waals surface area (Å²) < 4.78 is 11.5. The van der Waals surface area contributed by atoms with E-state index in [0.29, 0.717) is 19.8 Å². The summed E-state index contributed by atoms with van der Waals surface area (Å²) in [7, 11) is 0. The zero-order valence-electron chi connectivity index (χ0n) is 16.5. The predicted octanol–water partition coefficient (Wildman–Crippen LogP) is 3.04. The molecule has 2 aliphatic heterocycles. The van der Waals surface area contributed by atoms with Crippen LogP contribution in [0.25, 0.3) is 0 Å². The Morgan fingerprint density at radius 1 is 1.33 bits per heavy atom. The highest BCUT2D eigenvalue weighted by molar-refractivity contribution is 5.79. The summed E-state index contributed by atoms with van der Waals surface area (Å²) in [4.78, 5) is 14.8. The van der Waals surface area contributed by atoms with Gasteiger partial charge >= 0.3 is 0 Å². The summed E-state index contributed by atoms with van der Waals surface area (Å²) in [6.45, 7) is 8.17. The van der Waals surface area contributed by atoms with Crippen molar-refractivity contribution in [1.29, 1.82) is 5.26 Å². The average molecular weight is 371 g/mol. The van der Waals surface area contributed by atoms with Gasteiger partial charge in [-0.25, -0.2) is 0 Å². The molecule has 0 aliphatic carbocycles. The lowest BCUT2D eigenvalue weighted by Gasteiger charge is -2.30. The number of fused-ring (bicyclic) bond motifs is 1. The van der Waals surface area contributed by atoms with Crippen molar-refractivity contribution in [3.63, 3.8) is 0 Å². The quantitative estimate of drug-likeness (QED) is 0.861. The van der Waals surface area contributed by atoms with Gasteiger partial charge in [-0.2, -0.15) is 5.26 Å². The molecule has 0 saturated carbocycles. The highest BCUT2D eigenvalue weighted by Crippen LogP contribution is 2.37. The molecule has 0 bridgehead atoms. The lowest BCUT2D eigenvalue weighted by Crippen LogP contribution is -2.51. The smallest absolute Gasteiger partial charge is 0.235 e. The van der Waals surface area contributed by atoms with E-state index in [1.807, 2.05) is 19.9 Å². The predicted molar refractivity (Wildman–Crippen MR) is 103 cm³/mol. The Hall–Kier alpha value is -2.26. The molecular formula is C21H29N3O3. The maximum atomic E-state index is 12.6. The first kappa shape index (κ1) is 19.5. The van der Waals surface area contributed by atoms with Crippen LogP contribution in [0, 0.1) is 17.2 Å². The van der Waals surface area contributed by atoms with E-state index in [2.05, 4.69) is 28.4 Å². The van der Waals surface area contributed by atoms with Gasteiger partial charge in [-0.1, -0.05) is 19.9 Å². The van der Waals surface area contributed by atoms with Gasteiger partial charge in [-0.3, -0.25) is 9.69 Å². The summed E-state index contributed by atoms with van der Waals surface area (Å²) in [5, 5.41) is 12.3. The first-order valence-electron chi connectivity index (χ1n) is 9.79. The first-order chi connectivity index (χ1) is 12.9. The van der Waals surface area contributed by atoms with E-state index in [9.17, 15) is 10.1 Å². The van der Waals surface area contributed by atoms with Gasteiger partial charge in [0.2, 0.25) is 5.91 Å². The Kier molecular flexibility index (Phi) is 5.91. The fraction of sp³-hybridized carbons (Fsp3) is 0.619. The Morgan fingerprint density at radius 3 is 2.78 bits per heavy atom. The van der Waals surface area contributed by atoms with Crippen LogP contribution >= 0.6 is 0 Å². The molecule has 1 saturated heterocycles. The van der Waals surface area contributed by atoms with Crippen LogP contribution in [0.3, 0.4) is 0 Å². The van der Waals surface area contributed by atoms with E-state index in [0.717, 1.165) is 42.9 Å². The molecule has 3 rings (SSSR count). The Balaban J connectivity index is 1.70. The van der Waals surface area contributed by atoms with E-state index in [4.69, 9.17) is 9.47 Å². The van der Waals surface area contributed by atoms with Crippen LogP contribution in [0.1, 0.15) is 51.6 Å². The van der Waals surface area contributed by atoms with Gasteiger partial charge in [0.25, 0.3) is 0 Å². The number of carbonyl (C=O) groups is 1. The minimum Gasteiger partial charge on any atom is -0.490 e. The lowest BCUT2D eigenvalue weighted by molar-refractivity contribution is -0.124. The van der Waals surface area contributed by atoms with Gasteiger partial charge in [-0.05, 0) is 49.9 Å². The second-order valence-electron chi connectivity index (χ2n) is 7.90. The van der Waals surface area contributed by atoms with Gasteiger partial charge in [0, 0.05) is 12.5 Å². The molecular weight excluding hydrogens is 342 g/mol. The molecule has 0 aromatic heterocycles. The van der Waals surface area contributed by atoms with Crippen LogP contribution in [0.5, 0.6) is 11.5 Å². The minimum absolute atomic E-state index is 0.0440. The number of ether oxygens (including phenoxy) is 2. The molecule has 0 spiro atoms. The molecule has 2 atom stereocenters. The number of amides is 1. The maximum Gasteiger partial charge on any atom is 0.235 e. The summed E-state index contributed by atoms with van der Waals surface area (Å²) in [6.07, 6.45) is 2.94. The van der Waals surface area contributed by atoms with Crippen LogP contribution in [-0.4, -0.2) is 42.6 Å². The van der Waals surface area contributed by atoms with Gasteiger partial charge < -0.3 is 14.8 Å². The van der Waals surface area contributed by atoms with Crippen molar-refractivity contribution >= 4 is 5.91 Å². The van der Waals surface area contributed by atoms with Crippen molar-refractivity contribution in [2.75, 3.05) is 26.3 Å². The van der Waals surface area contributed by atoms with Crippen LogP contribution in [-0.2, 0) is 4.79 Å². The van der Waals surface area contributed by atoms with Crippen LogP contribution in [0.2, 0.25) is 0 Å². The van der Waals surface area contributed by atoms with Crippen molar-refractivity contribution in [2.45, 2.75) is 51.6 Å². The summed E-state index contributed by atoms with van der Waals surface area (Å²) >= 11 is 0. The molecule has 0 radical (unpaired) electrons. The summed E-state index contributed by atoms with van der Waals surface area (Å²) in [5.74, 6) is 1.52. The van der Waals surface area contributed by atoms with Gasteiger partial charge in [0.15, 0.2) is 11.5 Å². The van der Waals surface area contributed by atoms with Crippen molar-refractivity contribution in [3.8, 4) is 17.6 Å². The number of nitrogens with one attached hydrogen (secondary N) is 1. The third-order valence-electron chi connectivity index (χ3n) is 5.65. The van der Waals surface area contributed by atoms with Crippen LogP contribution in [0.4, 0.5) is 0 Å².